The molecule has 0 saturated carbocycles. The van der Waals surface area contributed by atoms with Crippen molar-refractivity contribution >= 4 is 9.84 Å². The van der Waals surface area contributed by atoms with E-state index in [4.69, 9.17) is 0 Å². The zero-order valence-electron chi connectivity index (χ0n) is 22.6. The lowest BCUT2D eigenvalue weighted by Crippen LogP contribution is -2.25. The summed E-state index contributed by atoms with van der Waals surface area (Å²) < 4.78 is 104. The van der Waals surface area contributed by atoms with E-state index >= 15 is 0 Å². The molecule has 3 aromatic carbocycles. The predicted molar refractivity (Wildman–Crippen MR) is 145 cm³/mol. The summed E-state index contributed by atoms with van der Waals surface area (Å²) in [5.74, 6) is -0.316. The maximum absolute atomic E-state index is 13.7. The lowest BCUT2D eigenvalue weighted by Gasteiger charge is -2.16. The average molecular weight is 617 g/mol. The molecule has 0 fully saturated rings. The summed E-state index contributed by atoms with van der Waals surface area (Å²) in [6.45, 7) is 3.13. The minimum Gasteiger partial charge on any atom is -0.395 e. The van der Waals surface area contributed by atoms with Crippen LogP contribution < -0.4 is 9.47 Å². The molecule has 43 heavy (non-hydrogen) atoms. The molecule has 222 valence electrons. The second kappa shape index (κ2) is 9.66. The first-order valence-corrected chi connectivity index (χ1v) is 14.5. The zero-order chi connectivity index (χ0) is 30.9. The van der Waals surface area contributed by atoms with Gasteiger partial charge in [0.2, 0.25) is 0 Å². The van der Waals surface area contributed by atoms with Crippen LogP contribution in [-0.2, 0) is 16.0 Å². The number of benzene rings is 3. The fourth-order valence-electron chi connectivity index (χ4n) is 4.85. The van der Waals surface area contributed by atoms with Crippen molar-refractivity contribution in [3.8, 4) is 45.3 Å². The van der Waals surface area contributed by atoms with Crippen molar-refractivity contribution in [2.75, 3.05) is 6.26 Å². The van der Waals surface area contributed by atoms with E-state index in [0.717, 1.165) is 12.5 Å². The number of hydrogen-bond acceptors (Lipinski definition) is 6. The normalized spacial score (nSPS) is 14.3. The molecular formula is C29H21F5N4O4S. The minimum absolute atomic E-state index is 0.0634. The van der Waals surface area contributed by atoms with Gasteiger partial charge in [0.1, 0.15) is 5.82 Å². The number of nitrogens with zero attached hydrogens (tertiary/aromatic N) is 4. The Morgan fingerprint density at radius 1 is 0.884 bits per heavy atom. The van der Waals surface area contributed by atoms with Crippen LogP contribution in [-0.4, -0.2) is 40.3 Å². The Balaban J connectivity index is 1.57. The Bertz CT molecular complexity index is 2020. The quantitative estimate of drug-likeness (QED) is 0.203. The van der Waals surface area contributed by atoms with E-state index in [1.807, 2.05) is 0 Å². The third kappa shape index (κ3) is 5.33. The first-order valence-electron chi connectivity index (χ1n) is 12.6. The lowest BCUT2D eigenvalue weighted by molar-refractivity contribution is -0.286. The number of ether oxygens (including phenoxy) is 2. The molecule has 0 aliphatic carbocycles. The molecule has 5 aromatic rings. The van der Waals surface area contributed by atoms with Crippen molar-refractivity contribution in [3.63, 3.8) is 0 Å². The summed E-state index contributed by atoms with van der Waals surface area (Å²) >= 11 is 0. The van der Waals surface area contributed by atoms with Gasteiger partial charge >= 0.3 is 12.5 Å². The van der Waals surface area contributed by atoms with Crippen molar-refractivity contribution in [3.05, 3.63) is 90.1 Å². The second-order valence-corrected chi connectivity index (χ2v) is 12.0. The largest absolute Gasteiger partial charge is 0.586 e. The van der Waals surface area contributed by atoms with E-state index in [1.165, 1.54) is 46.5 Å². The van der Waals surface area contributed by atoms with Crippen molar-refractivity contribution in [2.45, 2.75) is 31.2 Å². The highest BCUT2D eigenvalue weighted by molar-refractivity contribution is 7.90. The highest BCUT2D eigenvalue weighted by atomic mass is 32.2. The van der Waals surface area contributed by atoms with Crippen LogP contribution in [0.5, 0.6) is 11.5 Å². The number of hydrogen-bond donors (Lipinski definition) is 0. The average Bonchev–Trinajstić information content (AvgIpc) is 3.60. The van der Waals surface area contributed by atoms with Gasteiger partial charge in [-0.1, -0.05) is 18.2 Å². The number of aryl methyl sites for hydroxylation is 2. The van der Waals surface area contributed by atoms with Gasteiger partial charge < -0.3 is 14.0 Å². The summed E-state index contributed by atoms with van der Waals surface area (Å²) in [6.07, 6.45) is -6.55. The number of fused-ring (bicyclic) bond motifs is 1. The van der Waals surface area contributed by atoms with Crippen LogP contribution >= 0.6 is 0 Å². The first-order chi connectivity index (χ1) is 20.1. The maximum atomic E-state index is 13.7. The van der Waals surface area contributed by atoms with Gasteiger partial charge in [0.25, 0.3) is 0 Å². The van der Waals surface area contributed by atoms with E-state index in [1.54, 1.807) is 43.3 Å². The molecular weight excluding hydrogens is 595 g/mol. The van der Waals surface area contributed by atoms with E-state index in [-0.39, 0.29) is 22.2 Å². The van der Waals surface area contributed by atoms with Gasteiger partial charge in [-0.15, -0.1) is 8.78 Å². The molecule has 0 unspecified atom stereocenters. The number of aromatic nitrogens is 4. The van der Waals surface area contributed by atoms with Gasteiger partial charge in [0, 0.05) is 24.1 Å². The molecule has 1 aliphatic rings. The SMILES string of the molecule is Cc1cc(-c2cc(-c3cccc(S(C)(=O)=O)c3)ccc2-n2cc(C(F)(F)F)nc2C)n(-c2ccc3c(c2)OC(F)(F)O3)n1. The number of sulfone groups is 1. The van der Waals surface area contributed by atoms with Crippen LogP contribution in [0.25, 0.3) is 33.8 Å². The summed E-state index contributed by atoms with van der Waals surface area (Å²) in [6, 6.07) is 17.0. The second-order valence-electron chi connectivity index (χ2n) is 9.95. The molecule has 3 heterocycles. The Kier molecular flexibility index (Phi) is 6.38. The first kappa shape index (κ1) is 28.4. The van der Waals surface area contributed by atoms with Gasteiger partial charge in [-0.25, -0.2) is 18.1 Å². The van der Waals surface area contributed by atoms with E-state index in [0.29, 0.717) is 39.5 Å². The fourth-order valence-corrected chi connectivity index (χ4v) is 5.51. The van der Waals surface area contributed by atoms with Crippen molar-refractivity contribution in [1.29, 1.82) is 0 Å². The maximum Gasteiger partial charge on any atom is 0.586 e. The van der Waals surface area contributed by atoms with Crippen LogP contribution in [0.2, 0.25) is 0 Å². The predicted octanol–water partition coefficient (Wildman–Crippen LogP) is 6.75. The smallest absolute Gasteiger partial charge is 0.395 e. The lowest BCUT2D eigenvalue weighted by atomic mass is 9.99. The number of alkyl halides is 5. The molecule has 6 rings (SSSR count). The van der Waals surface area contributed by atoms with Gasteiger partial charge in [-0.05, 0) is 67.4 Å². The van der Waals surface area contributed by atoms with Crippen LogP contribution in [0.1, 0.15) is 17.2 Å². The molecule has 0 bridgehead atoms. The molecule has 0 radical (unpaired) electrons. The van der Waals surface area contributed by atoms with E-state index < -0.39 is 28.0 Å². The summed E-state index contributed by atoms with van der Waals surface area (Å²) in [5, 5.41) is 4.52. The number of imidazole rings is 1. The molecule has 0 saturated heterocycles. The van der Waals surface area contributed by atoms with Crippen LogP contribution in [0.15, 0.2) is 77.8 Å². The van der Waals surface area contributed by atoms with Crippen LogP contribution in [0.4, 0.5) is 22.0 Å². The highest BCUT2D eigenvalue weighted by Gasteiger charge is 2.43. The summed E-state index contributed by atoms with van der Waals surface area (Å²) in [7, 11) is -3.52. The third-order valence-corrected chi connectivity index (χ3v) is 7.87. The summed E-state index contributed by atoms with van der Waals surface area (Å²) in [4.78, 5) is 3.79. The highest BCUT2D eigenvalue weighted by Crippen LogP contribution is 2.43. The minimum atomic E-state index is -4.69. The Hall–Kier alpha value is -4.72. The van der Waals surface area contributed by atoms with E-state index in [9.17, 15) is 30.4 Å². The zero-order valence-corrected chi connectivity index (χ0v) is 23.5. The molecule has 0 atom stereocenters. The number of halogens is 5. The van der Waals surface area contributed by atoms with Crippen molar-refractivity contribution < 1.29 is 39.8 Å². The van der Waals surface area contributed by atoms with Crippen LogP contribution in [0.3, 0.4) is 0 Å². The third-order valence-electron chi connectivity index (χ3n) is 6.76. The van der Waals surface area contributed by atoms with Crippen molar-refractivity contribution in [2.24, 2.45) is 0 Å². The van der Waals surface area contributed by atoms with Gasteiger partial charge in [0.05, 0.1) is 27.7 Å². The Labute approximate surface area is 241 Å². The molecule has 0 N–H and O–H groups in total. The summed E-state index contributed by atoms with van der Waals surface area (Å²) in [5.41, 5.74) is 1.99. The molecule has 14 heteroatoms. The number of rotatable bonds is 5. The van der Waals surface area contributed by atoms with E-state index in [2.05, 4.69) is 19.6 Å². The molecule has 0 amide bonds. The standard InChI is InChI=1S/C29H21F5N4O4S/c1-16-11-24(38(36-16)20-8-10-25-26(14-20)42-29(33,34)41-25)22-13-19(18-5-4-6-21(12-18)43(3,39)40)7-9-23(22)37-15-27(28(30,31)32)35-17(37)2/h4-15H,1-3H3. The Morgan fingerprint density at radius 2 is 1.60 bits per heavy atom. The Morgan fingerprint density at radius 3 is 2.30 bits per heavy atom. The molecule has 8 nitrogen and oxygen atoms in total. The monoisotopic (exact) mass is 616 g/mol. The van der Waals surface area contributed by atoms with Crippen LogP contribution in [0, 0.1) is 13.8 Å². The molecule has 0 spiro atoms. The van der Waals surface area contributed by atoms with Gasteiger partial charge in [-0.2, -0.15) is 18.3 Å². The molecule has 1 aliphatic heterocycles. The topological polar surface area (TPSA) is 88.2 Å². The fraction of sp³-hybridized carbons (Fsp3) is 0.172. The van der Waals surface area contributed by atoms with Gasteiger partial charge in [-0.3, -0.25) is 0 Å². The molecule has 2 aromatic heterocycles. The van der Waals surface area contributed by atoms with Gasteiger partial charge in [0.15, 0.2) is 27.0 Å². The van der Waals surface area contributed by atoms with Crippen molar-refractivity contribution in [1.82, 2.24) is 19.3 Å².